The van der Waals surface area contributed by atoms with E-state index in [-0.39, 0.29) is 17.9 Å². The van der Waals surface area contributed by atoms with Crippen LogP contribution in [0.5, 0.6) is 0 Å². The zero-order valence-electron chi connectivity index (χ0n) is 9.88. The van der Waals surface area contributed by atoms with E-state index in [2.05, 4.69) is 10.6 Å². The second-order valence-electron chi connectivity index (χ2n) is 3.65. The zero-order valence-corrected chi connectivity index (χ0v) is 10.7. The molecule has 0 spiro atoms. The number of amides is 3. The van der Waals surface area contributed by atoms with Crippen LogP contribution in [-0.2, 0) is 17.9 Å². The lowest BCUT2D eigenvalue weighted by Crippen LogP contribution is -2.41. The van der Waals surface area contributed by atoms with Crippen molar-refractivity contribution >= 4 is 23.3 Å². The average molecular weight is 280 g/mol. The van der Waals surface area contributed by atoms with Gasteiger partial charge in [0, 0.05) is 11.6 Å². The van der Waals surface area contributed by atoms with Gasteiger partial charge in [0.1, 0.15) is 12.3 Å². The van der Waals surface area contributed by atoms with Gasteiger partial charge in [0.05, 0.1) is 12.8 Å². The Morgan fingerprint density at radius 2 is 2.32 bits per heavy atom. The SMILES string of the molecule is N=c1sccn1CC(=O)NC(=O)NCc1ccco1. The molecule has 0 saturated heterocycles. The van der Waals surface area contributed by atoms with Crippen LogP contribution in [0.4, 0.5) is 4.79 Å². The molecule has 2 aromatic heterocycles. The predicted octanol–water partition coefficient (Wildman–Crippen LogP) is 0.648. The van der Waals surface area contributed by atoms with Crippen molar-refractivity contribution in [2.75, 3.05) is 0 Å². The van der Waals surface area contributed by atoms with Crippen molar-refractivity contribution in [3.05, 3.63) is 40.5 Å². The monoisotopic (exact) mass is 280 g/mol. The highest BCUT2D eigenvalue weighted by atomic mass is 32.1. The van der Waals surface area contributed by atoms with Gasteiger partial charge < -0.3 is 14.3 Å². The summed E-state index contributed by atoms with van der Waals surface area (Å²) in [6.45, 7) is 0.151. The van der Waals surface area contributed by atoms with Gasteiger partial charge >= 0.3 is 6.03 Å². The fraction of sp³-hybridized carbons (Fsp3) is 0.182. The number of rotatable bonds is 4. The molecule has 2 rings (SSSR count). The molecule has 0 saturated carbocycles. The number of hydrogen-bond donors (Lipinski definition) is 3. The fourth-order valence-electron chi connectivity index (χ4n) is 1.37. The van der Waals surface area contributed by atoms with Crippen LogP contribution in [0, 0.1) is 5.41 Å². The van der Waals surface area contributed by atoms with E-state index in [1.807, 2.05) is 0 Å². The number of nitrogens with one attached hydrogen (secondary N) is 3. The van der Waals surface area contributed by atoms with Crippen LogP contribution < -0.4 is 15.4 Å². The highest BCUT2D eigenvalue weighted by Gasteiger charge is 2.08. The predicted molar refractivity (Wildman–Crippen MR) is 67.3 cm³/mol. The lowest BCUT2D eigenvalue weighted by molar-refractivity contribution is -0.120. The second kappa shape index (κ2) is 6.01. The summed E-state index contributed by atoms with van der Waals surface area (Å²) in [5, 5.41) is 13.9. The molecule has 0 aliphatic carbocycles. The molecule has 2 heterocycles. The molecule has 0 radical (unpaired) electrons. The van der Waals surface area contributed by atoms with Gasteiger partial charge in [0.15, 0.2) is 4.80 Å². The van der Waals surface area contributed by atoms with Crippen LogP contribution >= 0.6 is 11.3 Å². The largest absolute Gasteiger partial charge is 0.467 e. The Morgan fingerprint density at radius 1 is 1.47 bits per heavy atom. The summed E-state index contributed by atoms with van der Waals surface area (Å²) in [6.07, 6.45) is 3.12. The van der Waals surface area contributed by atoms with E-state index >= 15 is 0 Å². The van der Waals surface area contributed by atoms with Gasteiger partial charge in [-0.05, 0) is 12.1 Å². The van der Waals surface area contributed by atoms with Crippen molar-refractivity contribution in [2.24, 2.45) is 0 Å². The van der Waals surface area contributed by atoms with Gasteiger partial charge in [-0.2, -0.15) is 0 Å². The summed E-state index contributed by atoms with van der Waals surface area (Å²) in [6, 6.07) is 2.84. The summed E-state index contributed by atoms with van der Waals surface area (Å²) < 4.78 is 6.48. The van der Waals surface area contributed by atoms with Crippen LogP contribution in [0.3, 0.4) is 0 Å². The Labute approximate surface area is 112 Å². The van der Waals surface area contributed by atoms with Crippen molar-refractivity contribution in [1.82, 2.24) is 15.2 Å². The second-order valence-corrected chi connectivity index (χ2v) is 4.54. The maximum atomic E-state index is 11.5. The third-order valence-corrected chi connectivity index (χ3v) is 2.97. The van der Waals surface area contributed by atoms with Gasteiger partial charge in [-0.25, -0.2) is 4.79 Å². The number of carbonyl (C=O) groups excluding carboxylic acids is 2. The van der Waals surface area contributed by atoms with E-state index < -0.39 is 11.9 Å². The molecular weight excluding hydrogens is 268 g/mol. The first-order chi connectivity index (χ1) is 9.15. The first-order valence-electron chi connectivity index (χ1n) is 5.44. The van der Waals surface area contributed by atoms with Crippen molar-refractivity contribution in [3.63, 3.8) is 0 Å². The third-order valence-electron chi connectivity index (χ3n) is 2.25. The van der Waals surface area contributed by atoms with Gasteiger partial charge in [-0.1, -0.05) is 0 Å². The number of urea groups is 1. The highest BCUT2D eigenvalue weighted by molar-refractivity contribution is 7.06. The maximum Gasteiger partial charge on any atom is 0.321 e. The highest BCUT2D eigenvalue weighted by Crippen LogP contribution is 1.98. The van der Waals surface area contributed by atoms with Gasteiger partial charge in [0.25, 0.3) is 0 Å². The molecule has 0 aliphatic heterocycles. The zero-order chi connectivity index (χ0) is 13.7. The van der Waals surface area contributed by atoms with E-state index in [0.29, 0.717) is 5.76 Å². The number of imide groups is 1. The maximum absolute atomic E-state index is 11.5. The minimum absolute atomic E-state index is 0.0590. The summed E-state index contributed by atoms with van der Waals surface area (Å²) in [5.74, 6) is 0.122. The molecule has 0 aromatic carbocycles. The number of nitrogens with zero attached hydrogens (tertiary/aromatic N) is 1. The van der Waals surface area contributed by atoms with Crippen molar-refractivity contribution < 1.29 is 14.0 Å². The van der Waals surface area contributed by atoms with E-state index in [1.54, 1.807) is 23.7 Å². The van der Waals surface area contributed by atoms with Crippen LogP contribution in [-0.4, -0.2) is 16.5 Å². The molecule has 2 aromatic rings. The van der Waals surface area contributed by atoms with E-state index in [0.717, 1.165) is 0 Å². The first-order valence-corrected chi connectivity index (χ1v) is 6.31. The normalized spacial score (nSPS) is 10.1. The van der Waals surface area contributed by atoms with E-state index in [1.165, 1.54) is 22.2 Å². The Morgan fingerprint density at radius 3 is 2.95 bits per heavy atom. The standard InChI is InChI=1S/C11H12N4O3S/c12-10-15(3-5-19-10)7-9(16)14-11(17)13-6-8-2-1-4-18-8/h1-5,12H,6-7H2,(H2,13,14,16,17). The quantitative estimate of drug-likeness (QED) is 0.766. The first kappa shape index (κ1) is 13.1. The molecule has 7 nitrogen and oxygen atoms in total. The summed E-state index contributed by atoms with van der Waals surface area (Å²) in [4.78, 5) is 23.2. The van der Waals surface area contributed by atoms with Gasteiger partial charge in [0.2, 0.25) is 5.91 Å². The topological polar surface area (TPSA) is 100 Å². The lowest BCUT2D eigenvalue weighted by Gasteiger charge is -2.05. The fourth-order valence-corrected chi connectivity index (χ4v) is 1.97. The number of thiazole rings is 1. The number of aromatic nitrogens is 1. The number of carbonyl (C=O) groups is 2. The molecular formula is C11H12N4O3S. The van der Waals surface area contributed by atoms with E-state index in [4.69, 9.17) is 9.83 Å². The van der Waals surface area contributed by atoms with Crippen LogP contribution in [0.2, 0.25) is 0 Å². The summed E-state index contributed by atoms with van der Waals surface area (Å²) in [5.41, 5.74) is 0. The minimum Gasteiger partial charge on any atom is -0.467 e. The number of furan rings is 1. The van der Waals surface area contributed by atoms with Gasteiger partial charge in [-0.15, -0.1) is 11.3 Å². The third kappa shape index (κ3) is 3.81. The van der Waals surface area contributed by atoms with Crippen LogP contribution in [0.25, 0.3) is 0 Å². The molecule has 19 heavy (non-hydrogen) atoms. The van der Waals surface area contributed by atoms with Crippen molar-refractivity contribution in [2.45, 2.75) is 13.1 Å². The molecule has 3 N–H and O–H groups in total. The molecule has 0 fully saturated rings. The molecule has 100 valence electrons. The Kier molecular flexibility index (Phi) is 4.14. The molecule has 0 unspecified atom stereocenters. The Balaban J connectivity index is 1.77. The Hall–Kier alpha value is -2.35. The van der Waals surface area contributed by atoms with Crippen LogP contribution in [0.1, 0.15) is 5.76 Å². The van der Waals surface area contributed by atoms with Gasteiger partial charge in [-0.3, -0.25) is 15.5 Å². The molecule has 0 atom stereocenters. The molecule has 3 amide bonds. The smallest absolute Gasteiger partial charge is 0.321 e. The minimum atomic E-state index is -0.594. The Bertz CT molecular complexity index is 614. The molecule has 8 heteroatoms. The van der Waals surface area contributed by atoms with Crippen molar-refractivity contribution in [1.29, 1.82) is 5.41 Å². The lowest BCUT2D eigenvalue weighted by atomic mass is 10.4. The van der Waals surface area contributed by atoms with E-state index in [9.17, 15) is 9.59 Å². The van der Waals surface area contributed by atoms with Crippen molar-refractivity contribution in [3.8, 4) is 0 Å². The average Bonchev–Trinajstić information content (AvgIpc) is 2.99. The molecule has 0 aliphatic rings. The summed E-state index contributed by atoms with van der Waals surface area (Å²) in [7, 11) is 0. The van der Waals surface area contributed by atoms with Crippen LogP contribution in [0.15, 0.2) is 34.4 Å². The number of hydrogen-bond acceptors (Lipinski definition) is 5. The molecule has 0 bridgehead atoms. The summed E-state index contributed by atoms with van der Waals surface area (Å²) >= 11 is 1.21.